The third-order valence-electron chi connectivity index (χ3n) is 1.38. The molecule has 0 spiro atoms. The molecule has 0 atom stereocenters. The maximum Gasteiger partial charge on any atom is 0.254 e. The summed E-state index contributed by atoms with van der Waals surface area (Å²) >= 11 is 0. The van der Waals surface area contributed by atoms with Gasteiger partial charge in [0.05, 0.1) is 5.56 Å². The Labute approximate surface area is 76.8 Å². The number of halogens is 1. The fourth-order valence-corrected chi connectivity index (χ4v) is 0.800. The number of carbonyl (C=O) groups excluding carboxylic acids is 1. The molecule has 4 heteroatoms. The van der Waals surface area contributed by atoms with E-state index in [1.807, 2.05) is 0 Å². The Morgan fingerprint density at radius 2 is 2.00 bits per heavy atom. The lowest BCUT2D eigenvalue weighted by Crippen LogP contribution is -2.17. The lowest BCUT2D eigenvalue weighted by Gasteiger charge is -2.00. The van der Waals surface area contributed by atoms with Crippen molar-refractivity contribution in [1.82, 2.24) is 5.32 Å². The van der Waals surface area contributed by atoms with Gasteiger partial charge in [-0.1, -0.05) is 12.1 Å². The van der Waals surface area contributed by atoms with E-state index in [9.17, 15) is 4.79 Å². The van der Waals surface area contributed by atoms with Crippen LogP contribution in [-0.2, 0) is 0 Å². The lowest BCUT2D eigenvalue weighted by molar-refractivity contribution is 0.0960. The van der Waals surface area contributed by atoms with Crippen LogP contribution < -0.4 is 5.32 Å². The second-order valence-electron chi connectivity index (χ2n) is 2.10. The van der Waals surface area contributed by atoms with Crippen LogP contribution in [0.5, 0.6) is 5.75 Å². The van der Waals surface area contributed by atoms with Gasteiger partial charge in [0.1, 0.15) is 5.75 Å². The number of nitrogens with one attached hydrogen (secondary N) is 1. The molecule has 1 aromatic rings. The standard InChI is InChI=1S/C8H9NO2.ClH/c1-9-8(11)6-4-2-3-5-7(6)10;/h2-5,10H,1H3,(H,9,11);1H. The molecule has 0 aliphatic rings. The van der Waals surface area contributed by atoms with Crippen LogP contribution >= 0.6 is 12.4 Å². The van der Waals surface area contributed by atoms with E-state index in [1.165, 1.54) is 13.1 Å². The second-order valence-corrected chi connectivity index (χ2v) is 2.10. The first-order valence-corrected chi connectivity index (χ1v) is 3.26. The summed E-state index contributed by atoms with van der Waals surface area (Å²) in [7, 11) is 1.52. The third kappa shape index (κ3) is 2.13. The van der Waals surface area contributed by atoms with Crippen LogP contribution in [0.4, 0.5) is 0 Å². The number of rotatable bonds is 1. The lowest BCUT2D eigenvalue weighted by atomic mass is 10.2. The molecular formula is C8H10ClNO2. The average molecular weight is 188 g/mol. The van der Waals surface area contributed by atoms with Gasteiger partial charge in [-0.05, 0) is 12.1 Å². The van der Waals surface area contributed by atoms with Crippen molar-refractivity contribution in [3.63, 3.8) is 0 Å². The molecule has 0 aromatic heterocycles. The van der Waals surface area contributed by atoms with E-state index < -0.39 is 0 Å². The Balaban J connectivity index is 0.00000121. The normalized spacial score (nSPS) is 8.42. The zero-order valence-corrected chi connectivity index (χ0v) is 7.39. The highest BCUT2D eigenvalue weighted by Crippen LogP contribution is 2.14. The molecule has 0 saturated carbocycles. The van der Waals surface area contributed by atoms with Crippen LogP contribution in [0.3, 0.4) is 0 Å². The molecule has 3 nitrogen and oxygen atoms in total. The van der Waals surface area contributed by atoms with E-state index in [1.54, 1.807) is 18.2 Å². The van der Waals surface area contributed by atoms with E-state index in [0.717, 1.165) is 0 Å². The van der Waals surface area contributed by atoms with Crippen molar-refractivity contribution in [2.45, 2.75) is 0 Å². The van der Waals surface area contributed by atoms with E-state index in [-0.39, 0.29) is 24.1 Å². The zero-order valence-electron chi connectivity index (χ0n) is 6.57. The number of benzene rings is 1. The molecule has 0 heterocycles. The molecular weight excluding hydrogens is 178 g/mol. The molecule has 2 N–H and O–H groups in total. The summed E-state index contributed by atoms with van der Waals surface area (Å²) in [4.78, 5) is 11.0. The Morgan fingerprint density at radius 3 is 2.50 bits per heavy atom. The van der Waals surface area contributed by atoms with Gasteiger partial charge in [0, 0.05) is 7.05 Å². The molecule has 66 valence electrons. The van der Waals surface area contributed by atoms with Crippen molar-refractivity contribution in [3.8, 4) is 5.75 Å². The first kappa shape index (κ1) is 10.8. The van der Waals surface area contributed by atoms with Crippen molar-refractivity contribution >= 4 is 18.3 Å². The van der Waals surface area contributed by atoms with Crippen molar-refractivity contribution in [3.05, 3.63) is 29.8 Å². The number of carbonyl (C=O) groups is 1. The Kier molecular flexibility index (Phi) is 4.15. The first-order chi connectivity index (χ1) is 5.25. The first-order valence-electron chi connectivity index (χ1n) is 3.26. The average Bonchev–Trinajstić information content (AvgIpc) is 2.04. The molecule has 0 saturated heterocycles. The van der Waals surface area contributed by atoms with E-state index in [2.05, 4.69) is 5.32 Å². The summed E-state index contributed by atoms with van der Waals surface area (Å²) < 4.78 is 0. The summed E-state index contributed by atoms with van der Waals surface area (Å²) in [5, 5.41) is 11.6. The highest BCUT2D eigenvalue weighted by atomic mass is 35.5. The Hall–Kier alpha value is -1.22. The van der Waals surface area contributed by atoms with Crippen molar-refractivity contribution in [2.75, 3.05) is 7.05 Å². The summed E-state index contributed by atoms with van der Waals surface area (Å²) in [6, 6.07) is 6.41. The predicted molar refractivity (Wildman–Crippen MR) is 48.7 cm³/mol. The number of phenolic OH excluding ortho intramolecular Hbond substituents is 1. The van der Waals surface area contributed by atoms with Gasteiger partial charge in [-0.25, -0.2) is 0 Å². The molecule has 0 fully saturated rings. The van der Waals surface area contributed by atoms with Gasteiger partial charge >= 0.3 is 0 Å². The highest BCUT2D eigenvalue weighted by Gasteiger charge is 2.06. The molecule has 0 radical (unpaired) electrons. The number of para-hydroxylation sites is 1. The Morgan fingerprint density at radius 1 is 1.42 bits per heavy atom. The summed E-state index contributed by atoms with van der Waals surface area (Å²) in [5.41, 5.74) is 0.301. The van der Waals surface area contributed by atoms with Gasteiger partial charge < -0.3 is 10.4 Å². The van der Waals surface area contributed by atoms with Crippen LogP contribution in [0.25, 0.3) is 0 Å². The monoisotopic (exact) mass is 187 g/mol. The molecule has 0 unspecified atom stereocenters. The number of aromatic hydroxyl groups is 1. The second kappa shape index (κ2) is 4.62. The maximum absolute atomic E-state index is 11.0. The fraction of sp³-hybridized carbons (Fsp3) is 0.125. The molecule has 1 aromatic carbocycles. The molecule has 0 aliphatic heterocycles. The minimum atomic E-state index is -0.275. The van der Waals surface area contributed by atoms with E-state index >= 15 is 0 Å². The number of phenols is 1. The van der Waals surface area contributed by atoms with Gasteiger partial charge in [-0.3, -0.25) is 4.79 Å². The van der Waals surface area contributed by atoms with Crippen molar-refractivity contribution in [2.24, 2.45) is 0 Å². The summed E-state index contributed by atoms with van der Waals surface area (Å²) in [6.07, 6.45) is 0. The molecule has 1 rings (SSSR count). The van der Waals surface area contributed by atoms with E-state index in [0.29, 0.717) is 5.56 Å². The number of hydrogen-bond donors (Lipinski definition) is 2. The number of hydrogen-bond acceptors (Lipinski definition) is 2. The topological polar surface area (TPSA) is 49.3 Å². The third-order valence-corrected chi connectivity index (χ3v) is 1.38. The largest absolute Gasteiger partial charge is 0.507 e. The molecule has 0 bridgehead atoms. The minimum Gasteiger partial charge on any atom is -0.507 e. The zero-order chi connectivity index (χ0) is 8.27. The summed E-state index contributed by atoms with van der Waals surface area (Å²) in [5.74, 6) is -0.269. The smallest absolute Gasteiger partial charge is 0.254 e. The quantitative estimate of drug-likeness (QED) is 0.694. The Bertz CT molecular complexity index is 276. The van der Waals surface area contributed by atoms with Gasteiger partial charge in [-0.15, -0.1) is 12.4 Å². The SMILES string of the molecule is CNC(=O)c1ccccc1O.Cl. The maximum atomic E-state index is 11.0. The van der Waals surface area contributed by atoms with Crippen molar-refractivity contribution in [1.29, 1.82) is 0 Å². The van der Waals surface area contributed by atoms with Crippen LogP contribution in [-0.4, -0.2) is 18.1 Å². The van der Waals surface area contributed by atoms with Crippen molar-refractivity contribution < 1.29 is 9.90 Å². The van der Waals surface area contributed by atoms with Gasteiger partial charge in [0.15, 0.2) is 0 Å². The van der Waals surface area contributed by atoms with Gasteiger partial charge in [0.25, 0.3) is 5.91 Å². The fourth-order valence-electron chi connectivity index (χ4n) is 0.800. The molecule has 0 aliphatic carbocycles. The molecule has 12 heavy (non-hydrogen) atoms. The van der Waals surface area contributed by atoms with Crippen LogP contribution in [0, 0.1) is 0 Å². The van der Waals surface area contributed by atoms with Crippen LogP contribution in [0.1, 0.15) is 10.4 Å². The molecule has 1 amide bonds. The van der Waals surface area contributed by atoms with Gasteiger partial charge in [-0.2, -0.15) is 0 Å². The number of amides is 1. The predicted octanol–water partition coefficient (Wildman–Crippen LogP) is 1.17. The van der Waals surface area contributed by atoms with Crippen LogP contribution in [0.15, 0.2) is 24.3 Å². The summed E-state index contributed by atoms with van der Waals surface area (Å²) in [6.45, 7) is 0. The van der Waals surface area contributed by atoms with Crippen LogP contribution in [0.2, 0.25) is 0 Å². The van der Waals surface area contributed by atoms with Gasteiger partial charge in [0.2, 0.25) is 0 Å². The minimum absolute atomic E-state index is 0. The van der Waals surface area contributed by atoms with E-state index in [4.69, 9.17) is 5.11 Å². The highest BCUT2D eigenvalue weighted by molar-refractivity contribution is 5.96.